The highest BCUT2D eigenvalue weighted by atomic mass is 32.2. The van der Waals surface area contributed by atoms with Gasteiger partial charge in [0.1, 0.15) is 4.99 Å². The summed E-state index contributed by atoms with van der Waals surface area (Å²) in [6.07, 6.45) is 0. The molecule has 0 aliphatic carbocycles. The zero-order valence-corrected chi connectivity index (χ0v) is 14.1. The molecule has 106 valence electrons. The predicted octanol–water partition coefficient (Wildman–Crippen LogP) is 3.92. The summed E-state index contributed by atoms with van der Waals surface area (Å²) >= 11 is 7.04. The Kier molecular flexibility index (Phi) is 5.68. The van der Waals surface area contributed by atoms with Crippen molar-refractivity contribution in [3.05, 3.63) is 23.8 Å². The van der Waals surface area contributed by atoms with Crippen LogP contribution in [0.25, 0.3) is 0 Å². The number of thiocarbonyl (C=S) groups is 1. The maximum Gasteiger partial charge on any atom is 0.107 e. The summed E-state index contributed by atoms with van der Waals surface area (Å²) in [5.41, 5.74) is 8.31. The summed E-state index contributed by atoms with van der Waals surface area (Å²) in [6.45, 7) is 9.79. The standard InChI is InChI=1S/C15H24N2S2/c1-6-19-12-9-7-8-11(13(12)14(16)18)17(5)10-15(2,3)4/h7-9H,6,10H2,1-5H3,(H2,16,18). The molecule has 1 aromatic rings. The van der Waals surface area contributed by atoms with Gasteiger partial charge >= 0.3 is 0 Å². The molecule has 1 rings (SSSR count). The number of benzene rings is 1. The number of thioether (sulfide) groups is 1. The van der Waals surface area contributed by atoms with Gasteiger partial charge in [0.2, 0.25) is 0 Å². The van der Waals surface area contributed by atoms with E-state index in [1.807, 2.05) is 0 Å². The second-order valence-corrected chi connectivity index (χ2v) is 7.61. The number of nitrogens with zero attached hydrogens (tertiary/aromatic N) is 1. The molecule has 0 aliphatic heterocycles. The topological polar surface area (TPSA) is 29.3 Å². The van der Waals surface area contributed by atoms with Crippen molar-refractivity contribution < 1.29 is 0 Å². The van der Waals surface area contributed by atoms with Gasteiger partial charge in [0.25, 0.3) is 0 Å². The summed E-state index contributed by atoms with van der Waals surface area (Å²) in [4.78, 5) is 3.90. The van der Waals surface area contributed by atoms with Crippen LogP contribution in [0.4, 0.5) is 5.69 Å². The van der Waals surface area contributed by atoms with E-state index in [0.717, 1.165) is 23.5 Å². The summed E-state index contributed by atoms with van der Waals surface area (Å²) in [6, 6.07) is 6.27. The van der Waals surface area contributed by atoms with Gasteiger partial charge in [-0.3, -0.25) is 0 Å². The molecule has 0 bridgehead atoms. The molecule has 0 saturated carbocycles. The van der Waals surface area contributed by atoms with Crippen LogP contribution in [0.2, 0.25) is 0 Å². The van der Waals surface area contributed by atoms with Crippen molar-refractivity contribution in [2.45, 2.75) is 32.6 Å². The molecule has 0 aliphatic rings. The fourth-order valence-corrected chi connectivity index (χ4v) is 3.28. The molecule has 0 fully saturated rings. The van der Waals surface area contributed by atoms with E-state index in [9.17, 15) is 0 Å². The lowest BCUT2D eigenvalue weighted by molar-refractivity contribution is 0.419. The van der Waals surface area contributed by atoms with Gasteiger partial charge in [0.15, 0.2) is 0 Å². The maximum atomic E-state index is 5.94. The second-order valence-electron chi connectivity index (χ2n) is 5.86. The summed E-state index contributed by atoms with van der Waals surface area (Å²) in [7, 11) is 2.10. The molecule has 2 N–H and O–H groups in total. The minimum Gasteiger partial charge on any atom is -0.389 e. The second kappa shape index (κ2) is 6.62. The third-order valence-electron chi connectivity index (χ3n) is 2.67. The summed E-state index contributed by atoms with van der Waals surface area (Å²) < 4.78 is 0. The molecule has 4 heteroatoms. The van der Waals surface area contributed by atoms with Crippen LogP contribution in [0.1, 0.15) is 33.3 Å². The normalized spacial score (nSPS) is 11.4. The molecule has 2 nitrogen and oxygen atoms in total. The van der Waals surface area contributed by atoms with E-state index in [-0.39, 0.29) is 5.41 Å². The average Bonchev–Trinajstić information content (AvgIpc) is 2.26. The van der Waals surface area contributed by atoms with Crippen molar-refractivity contribution >= 4 is 34.7 Å². The Hall–Kier alpha value is -0.740. The molecule has 19 heavy (non-hydrogen) atoms. The number of rotatable bonds is 5. The van der Waals surface area contributed by atoms with Crippen LogP contribution in [0.15, 0.2) is 23.1 Å². The van der Waals surface area contributed by atoms with Crippen LogP contribution >= 0.6 is 24.0 Å². The molecule has 0 unspecified atom stereocenters. The quantitative estimate of drug-likeness (QED) is 0.659. The molecule has 1 aromatic carbocycles. The first kappa shape index (κ1) is 16.3. The van der Waals surface area contributed by atoms with Crippen molar-refractivity contribution in [1.29, 1.82) is 0 Å². The Bertz CT molecular complexity index is 450. The van der Waals surface area contributed by atoms with Crippen LogP contribution in [0.3, 0.4) is 0 Å². The van der Waals surface area contributed by atoms with E-state index in [1.165, 1.54) is 4.90 Å². The van der Waals surface area contributed by atoms with E-state index >= 15 is 0 Å². The Labute approximate surface area is 126 Å². The average molecular weight is 297 g/mol. The van der Waals surface area contributed by atoms with E-state index in [1.54, 1.807) is 11.8 Å². The van der Waals surface area contributed by atoms with Gasteiger partial charge in [-0.2, -0.15) is 0 Å². The Morgan fingerprint density at radius 2 is 2.00 bits per heavy atom. The van der Waals surface area contributed by atoms with Crippen LogP contribution in [0.5, 0.6) is 0 Å². The van der Waals surface area contributed by atoms with Gasteiger partial charge in [0.05, 0.1) is 0 Å². The van der Waals surface area contributed by atoms with Gasteiger partial charge in [-0.1, -0.05) is 46.0 Å². The van der Waals surface area contributed by atoms with Gasteiger partial charge in [-0.25, -0.2) is 0 Å². The zero-order valence-electron chi connectivity index (χ0n) is 12.5. The lowest BCUT2D eigenvalue weighted by Crippen LogP contribution is -2.31. The minimum atomic E-state index is 0.232. The first-order valence-corrected chi connectivity index (χ1v) is 7.92. The van der Waals surface area contributed by atoms with Crippen molar-refractivity contribution in [1.82, 2.24) is 0 Å². The molecule has 0 heterocycles. The fourth-order valence-electron chi connectivity index (χ4n) is 2.16. The highest BCUT2D eigenvalue weighted by Crippen LogP contribution is 2.31. The van der Waals surface area contributed by atoms with Crippen LogP contribution in [-0.2, 0) is 0 Å². The number of anilines is 1. The summed E-state index contributed by atoms with van der Waals surface area (Å²) in [5.74, 6) is 1.02. The molecular formula is C15H24N2S2. The van der Waals surface area contributed by atoms with Crippen LogP contribution < -0.4 is 10.6 Å². The Morgan fingerprint density at radius 3 is 2.47 bits per heavy atom. The van der Waals surface area contributed by atoms with Crippen LogP contribution in [-0.4, -0.2) is 24.3 Å². The van der Waals surface area contributed by atoms with Gasteiger partial charge in [-0.05, 0) is 23.3 Å². The van der Waals surface area contributed by atoms with Crippen molar-refractivity contribution in [3.8, 4) is 0 Å². The monoisotopic (exact) mass is 296 g/mol. The highest BCUT2D eigenvalue weighted by Gasteiger charge is 2.18. The van der Waals surface area contributed by atoms with Crippen molar-refractivity contribution in [2.75, 3.05) is 24.2 Å². The molecule has 0 saturated heterocycles. The molecule has 0 spiro atoms. The largest absolute Gasteiger partial charge is 0.389 e. The first-order valence-electron chi connectivity index (χ1n) is 6.53. The molecule has 0 amide bonds. The van der Waals surface area contributed by atoms with E-state index < -0.39 is 0 Å². The first-order chi connectivity index (χ1) is 8.76. The highest BCUT2D eigenvalue weighted by molar-refractivity contribution is 7.99. The maximum absolute atomic E-state index is 5.94. The molecule has 0 atom stereocenters. The fraction of sp³-hybridized carbons (Fsp3) is 0.533. The third-order valence-corrected chi connectivity index (χ3v) is 3.82. The predicted molar refractivity (Wildman–Crippen MR) is 91.5 cm³/mol. The van der Waals surface area contributed by atoms with Crippen molar-refractivity contribution in [2.24, 2.45) is 11.1 Å². The Morgan fingerprint density at radius 1 is 1.37 bits per heavy atom. The lowest BCUT2D eigenvalue weighted by Gasteiger charge is -2.30. The van der Waals surface area contributed by atoms with Gasteiger partial charge < -0.3 is 10.6 Å². The van der Waals surface area contributed by atoms with E-state index in [4.69, 9.17) is 18.0 Å². The number of hydrogen-bond donors (Lipinski definition) is 1. The van der Waals surface area contributed by atoms with E-state index in [2.05, 4.69) is 57.8 Å². The smallest absolute Gasteiger partial charge is 0.107 e. The lowest BCUT2D eigenvalue weighted by atomic mass is 9.95. The summed E-state index contributed by atoms with van der Waals surface area (Å²) in [5, 5.41) is 0. The Balaban J connectivity index is 3.19. The number of nitrogens with two attached hydrogens (primary N) is 1. The molecule has 0 aromatic heterocycles. The van der Waals surface area contributed by atoms with Gasteiger partial charge in [-0.15, -0.1) is 11.8 Å². The van der Waals surface area contributed by atoms with Gasteiger partial charge in [0, 0.05) is 29.7 Å². The molecular weight excluding hydrogens is 272 g/mol. The minimum absolute atomic E-state index is 0.232. The zero-order chi connectivity index (χ0) is 14.6. The van der Waals surface area contributed by atoms with Crippen LogP contribution in [0, 0.1) is 5.41 Å². The molecule has 0 radical (unpaired) electrons. The SMILES string of the molecule is CCSc1cccc(N(C)CC(C)(C)C)c1C(N)=S. The van der Waals surface area contributed by atoms with E-state index in [0.29, 0.717) is 4.99 Å². The number of hydrogen-bond acceptors (Lipinski definition) is 3. The third kappa shape index (κ3) is 4.69. The van der Waals surface area contributed by atoms with Crippen molar-refractivity contribution in [3.63, 3.8) is 0 Å².